The monoisotopic (exact) mass is 347 g/mol. The third-order valence-corrected chi connectivity index (χ3v) is 4.17. The van der Waals surface area contributed by atoms with E-state index >= 15 is 0 Å². The smallest absolute Gasteiger partial charge is 0.316 e. The van der Waals surface area contributed by atoms with Crippen molar-refractivity contribution in [2.45, 2.75) is 46.2 Å². The highest BCUT2D eigenvalue weighted by molar-refractivity contribution is 5.82. The quantitative estimate of drug-likeness (QED) is 0.738. The second-order valence-corrected chi connectivity index (χ2v) is 5.85. The van der Waals surface area contributed by atoms with Gasteiger partial charge in [-0.25, -0.2) is 4.98 Å². The van der Waals surface area contributed by atoms with Crippen molar-refractivity contribution in [2.75, 3.05) is 13.2 Å². The fourth-order valence-corrected chi connectivity index (χ4v) is 3.03. The number of imidazole rings is 1. The van der Waals surface area contributed by atoms with Gasteiger partial charge in [0.05, 0.1) is 30.9 Å². The zero-order valence-corrected chi connectivity index (χ0v) is 14.6. The molecule has 9 heteroatoms. The number of ether oxygens (including phenoxy) is 1. The molecule has 0 N–H and O–H groups in total. The zero-order valence-electron chi connectivity index (χ0n) is 14.6. The number of rotatable bonds is 5. The van der Waals surface area contributed by atoms with Gasteiger partial charge in [0, 0.05) is 13.1 Å². The van der Waals surface area contributed by atoms with Gasteiger partial charge in [-0.1, -0.05) is 5.16 Å². The predicted molar refractivity (Wildman–Crippen MR) is 85.4 cm³/mol. The molecule has 3 rings (SSSR count). The Morgan fingerprint density at radius 3 is 2.84 bits per heavy atom. The van der Waals surface area contributed by atoms with E-state index in [-0.39, 0.29) is 30.7 Å². The van der Waals surface area contributed by atoms with Crippen LogP contribution in [-0.4, -0.2) is 49.6 Å². The fraction of sp³-hybridized carbons (Fsp3) is 0.562. The van der Waals surface area contributed by atoms with E-state index in [2.05, 4.69) is 15.1 Å². The van der Waals surface area contributed by atoms with Gasteiger partial charge in [-0.3, -0.25) is 9.59 Å². The number of hydrogen-bond acceptors (Lipinski definition) is 7. The highest BCUT2D eigenvalue weighted by Gasteiger charge is 2.37. The number of nitrogens with zero attached hydrogens (tertiary/aromatic N) is 5. The van der Waals surface area contributed by atoms with E-state index in [0.717, 1.165) is 11.4 Å². The molecule has 1 aliphatic heterocycles. The molecule has 0 saturated carbocycles. The van der Waals surface area contributed by atoms with Crippen molar-refractivity contribution in [1.82, 2.24) is 24.6 Å². The molecule has 0 bridgehead atoms. The molecule has 0 fully saturated rings. The van der Waals surface area contributed by atoms with Crippen LogP contribution in [0.4, 0.5) is 0 Å². The number of fused-ring (bicyclic) bond motifs is 1. The summed E-state index contributed by atoms with van der Waals surface area (Å²) in [6.45, 7) is 7.04. The van der Waals surface area contributed by atoms with Crippen molar-refractivity contribution >= 4 is 11.9 Å². The molecule has 1 aliphatic rings. The lowest BCUT2D eigenvalue weighted by Crippen LogP contribution is -2.42. The summed E-state index contributed by atoms with van der Waals surface area (Å²) >= 11 is 0. The number of carbonyl (C=O) groups excluding carboxylic acids is 2. The van der Waals surface area contributed by atoms with Crippen molar-refractivity contribution in [3.8, 4) is 0 Å². The summed E-state index contributed by atoms with van der Waals surface area (Å²) in [7, 11) is 0. The molecule has 0 aromatic carbocycles. The molecule has 1 unspecified atom stereocenters. The lowest BCUT2D eigenvalue weighted by Gasteiger charge is -2.31. The number of esters is 1. The minimum atomic E-state index is -0.542. The molecule has 0 radical (unpaired) electrons. The van der Waals surface area contributed by atoms with Crippen LogP contribution in [-0.2, 0) is 33.8 Å². The maximum atomic E-state index is 12.6. The molecular formula is C16H21N5O4. The number of carbonyl (C=O) groups is 2. The summed E-state index contributed by atoms with van der Waals surface area (Å²) in [5, 5.41) is 3.69. The lowest BCUT2D eigenvalue weighted by atomic mass is 9.97. The van der Waals surface area contributed by atoms with Gasteiger partial charge in [0.2, 0.25) is 11.8 Å². The fourth-order valence-electron chi connectivity index (χ4n) is 3.03. The summed E-state index contributed by atoms with van der Waals surface area (Å²) in [6, 6.07) is 0. The Bertz CT molecular complexity index is 781. The van der Waals surface area contributed by atoms with Gasteiger partial charge in [-0.2, -0.15) is 4.98 Å². The van der Waals surface area contributed by atoms with Gasteiger partial charge < -0.3 is 18.7 Å². The summed E-state index contributed by atoms with van der Waals surface area (Å²) in [6.07, 6.45) is 1.70. The molecule has 0 aliphatic carbocycles. The van der Waals surface area contributed by atoms with E-state index in [0.29, 0.717) is 25.5 Å². The van der Waals surface area contributed by atoms with Gasteiger partial charge in [0.25, 0.3) is 0 Å². The minimum absolute atomic E-state index is 0.000203. The van der Waals surface area contributed by atoms with Crippen molar-refractivity contribution < 1.29 is 18.8 Å². The maximum absolute atomic E-state index is 12.6. The third kappa shape index (κ3) is 3.40. The van der Waals surface area contributed by atoms with Crippen LogP contribution in [0, 0.1) is 6.92 Å². The summed E-state index contributed by atoms with van der Waals surface area (Å²) in [5.74, 6) is -0.325. The molecule has 9 nitrogen and oxygen atoms in total. The Morgan fingerprint density at radius 1 is 1.40 bits per heavy atom. The van der Waals surface area contributed by atoms with Crippen LogP contribution in [0.25, 0.3) is 0 Å². The molecule has 3 heterocycles. The standard InChI is InChI=1S/C16H21N5O4/c1-4-20-9-17-12-8-21(7-11(15(12)20)16(23)24-5-2)14(22)6-13-18-10(3)19-25-13/h9,11H,4-8H2,1-3H3. The molecule has 2 aromatic rings. The second kappa shape index (κ2) is 7.04. The van der Waals surface area contributed by atoms with Crippen LogP contribution in [0.2, 0.25) is 0 Å². The van der Waals surface area contributed by atoms with E-state index in [9.17, 15) is 9.59 Å². The van der Waals surface area contributed by atoms with Gasteiger partial charge >= 0.3 is 5.97 Å². The van der Waals surface area contributed by atoms with E-state index in [4.69, 9.17) is 9.26 Å². The van der Waals surface area contributed by atoms with E-state index < -0.39 is 5.92 Å². The molecular weight excluding hydrogens is 326 g/mol. The van der Waals surface area contributed by atoms with Crippen LogP contribution < -0.4 is 0 Å². The first-order valence-corrected chi connectivity index (χ1v) is 8.30. The first kappa shape index (κ1) is 17.1. The van der Waals surface area contributed by atoms with E-state index in [1.807, 2.05) is 11.5 Å². The predicted octanol–water partition coefficient (Wildman–Crippen LogP) is 0.826. The molecule has 1 atom stereocenters. The Hall–Kier alpha value is -2.71. The van der Waals surface area contributed by atoms with Crippen LogP contribution in [0.1, 0.15) is 42.9 Å². The molecule has 0 spiro atoms. The van der Waals surface area contributed by atoms with Crippen molar-refractivity contribution in [2.24, 2.45) is 0 Å². The number of aromatic nitrogens is 4. The maximum Gasteiger partial charge on any atom is 0.316 e. The van der Waals surface area contributed by atoms with Crippen LogP contribution >= 0.6 is 0 Å². The molecule has 2 aromatic heterocycles. The normalized spacial score (nSPS) is 16.6. The van der Waals surface area contributed by atoms with E-state index in [1.165, 1.54) is 0 Å². The molecule has 0 saturated heterocycles. The van der Waals surface area contributed by atoms with Crippen LogP contribution in [0.5, 0.6) is 0 Å². The molecule has 25 heavy (non-hydrogen) atoms. The Morgan fingerprint density at radius 2 is 2.20 bits per heavy atom. The SMILES string of the molecule is CCOC(=O)C1CN(C(=O)Cc2nc(C)no2)Cc2ncn(CC)c21. The molecule has 1 amide bonds. The first-order valence-electron chi connectivity index (χ1n) is 8.30. The van der Waals surface area contributed by atoms with Crippen LogP contribution in [0.3, 0.4) is 0 Å². The van der Waals surface area contributed by atoms with Crippen molar-refractivity contribution in [3.05, 3.63) is 29.4 Å². The highest BCUT2D eigenvalue weighted by atomic mass is 16.5. The zero-order chi connectivity index (χ0) is 18.0. The summed E-state index contributed by atoms with van der Waals surface area (Å²) < 4.78 is 12.1. The van der Waals surface area contributed by atoms with Crippen molar-refractivity contribution in [1.29, 1.82) is 0 Å². The third-order valence-electron chi connectivity index (χ3n) is 4.17. The number of aryl methyl sites for hydroxylation is 2. The lowest BCUT2D eigenvalue weighted by molar-refractivity contribution is -0.147. The number of hydrogen-bond donors (Lipinski definition) is 0. The minimum Gasteiger partial charge on any atom is -0.465 e. The Labute approximate surface area is 145 Å². The van der Waals surface area contributed by atoms with Crippen LogP contribution in [0.15, 0.2) is 10.9 Å². The summed E-state index contributed by atoms with van der Waals surface area (Å²) in [5.41, 5.74) is 1.56. The average molecular weight is 347 g/mol. The second-order valence-electron chi connectivity index (χ2n) is 5.85. The topological polar surface area (TPSA) is 103 Å². The van der Waals surface area contributed by atoms with Gasteiger partial charge in [-0.15, -0.1) is 0 Å². The largest absolute Gasteiger partial charge is 0.465 e. The molecule has 134 valence electrons. The van der Waals surface area contributed by atoms with Crippen molar-refractivity contribution in [3.63, 3.8) is 0 Å². The number of amides is 1. The Balaban J connectivity index is 1.83. The van der Waals surface area contributed by atoms with E-state index in [1.54, 1.807) is 25.1 Å². The summed E-state index contributed by atoms with van der Waals surface area (Å²) in [4.78, 5) is 35.0. The van der Waals surface area contributed by atoms with Gasteiger partial charge in [-0.05, 0) is 20.8 Å². The Kier molecular flexibility index (Phi) is 4.82. The average Bonchev–Trinajstić information content (AvgIpc) is 3.19. The highest BCUT2D eigenvalue weighted by Crippen LogP contribution is 2.29. The van der Waals surface area contributed by atoms with Gasteiger partial charge in [0.15, 0.2) is 5.82 Å². The van der Waals surface area contributed by atoms with Gasteiger partial charge in [0.1, 0.15) is 12.3 Å². The first-order chi connectivity index (χ1) is 12.0.